The molecule has 0 aromatic heterocycles. The van der Waals surface area contributed by atoms with Gasteiger partial charge in [-0.3, -0.25) is 4.79 Å². The Morgan fingerprint density at radius 2 is 1.83 bits per heavy atom. The standard InChI is InChI=1S/C19H20ClNO3/c1-12(10-14-8-9-17(23-3)18(11-14)24-4)19(22)21-16-7-5-6-15(20)13(16)2/h5-11H,1-4H3,(H,21,22)/b12-10+. The Kier molecular flexibility index (Phi) is 5.88. The minimum Gasteiger partial charge on any atom is -0.493 e. The van der Waals surface area contributed by atoms with Crippen LogP contribution in [-0.4, -0.2) is 20.1 Å². The van der Waals surface area contributed by atoms with Gasteiger partial charge in [-0.2, -0.15) is 0 Å². The smallest absolute Gasteiger partial charge is 0.251 e. The van der Waals surface area contributed by atoms with E-state index in [1.807, 2.05) is 25.1 Å². The first-order valence-corrected chi connectivity index (χ1v) is 7.81. The van der Waals surface area contributed by atoms with Crippen molar-refractivity contribution in [3.63, 3.8) is 0 Å². The van der Waals surface area contributed by atoms with E-state index >= 15 is 0 Å². The molecule has 5 heteroatoms. The summed E-state index contributed by atoms with van der Waals surface area (Å²) in [5.41, 5.74) is 2.96. The molecule has 2 aromatic rings. The summed E-state index contributed by atoms with van der Waals surface area (Å²) < 4.78 is 10.5. The first kappa shape index (κ1) is 17.9. The molecule has 0 saturated carbocycles. The van der Waals surface area contributed by atoms with Gasteiger partial charge in [0.15, 0.2) is 11.5 Å². The highest BCUT2D eigenvalue weighted by atomic mass is 35.5. The molecular formula is C19H20ClNO3. The van der Waals surface area contributed by atoms with E-state index in [2.05, 4.69) is 5.32 Å². The highest BCUT2D eigenvalue weighted by Gasteiger charge is 2.09. The molecule has 0 radical (unpaired) electrons. The lowest BCUT2D eigenvalue weighted by molar-refractivity contribution is -0.112. The van der Waals surface area contributed by atoms with Crippen molar-refractivity contribution in [2.24, 2.45) is 0 Å². The van der Waals surface area contributed by atoms with Crippen LogP contribution in [0.1, 0.15) is 18.1 Å². The van der Waals surface area contributed by atoms with Crippen LogP contribution in [-0.2, 0) is 4.79 Å². The Bertz CT molecular complexity index is 784. The second kappa shape index (κ2) is 7.88. The van der Waals surface area contributed by atoms with Crippen LogP contribution >= 0.6 is 11.6 Å². The van der Waals surface area contributed by atoms with E-state index in [9.17, 15) is 4.79 Å². The van der Waals surface area contributed by atoms with Crippen LogP contribution in [0.2, 0.25) is 5.02 Å². The van der Waals surface area contributed by atoms with Crippen LogP contribution in [0.3, 0.4) is 0 Å². The van der Waals surface area contributed by atoms with E-state index in [-0.39, 0.29) is 5.91 Å². The van der Waals surface area contributed by atoms with Gasteiger partial charge in [0, 0.05) is 16.3 Å². The third kappa shape index (κ3) is 4.09. The Morgan fingerprint density at radius 3 is 2.50 bits per heavy atom. The number of carbonyl (C=O) groups is 1. The summed E-state index contributed by atoms with van der Waals surface area (Å²) in [6, 6.07) is 10.9. The molecule has 4 nitrogen and oxygen atoms in total. The SMILES string of the molecule is COc1ccc(/C=C(\C)C(=O)Nc2cccc(Cl)c2C)cc1OC. The molecule has 0 fully saturated rings. The average molecular weight is 346 g/mol. The largest absolute Gasteiger partial charge is 0.493 e. The van der Waals surface area contributed by atoms with Crippen LogP contribution in [0.4, 0.5) is 5.69 Å². The topological polar surface area (TPSA) is 47.6 Å². The van der Waals surface area contributed by atoms with Gasteiger partial charge in [-0.25, -0.2) is 0 Å². The number of hydrogen-bond acceptors (Lipinski definition) is 3. The van der Waals surface area contributed by atoms with Gasteiger partial charge >= 0.3 is 0 Å². The number of halogens is 1. The Labute approximate surface area is 147 Å². The van der Waals surface area contributed by atoms with Gasteiger partial charge < -0.3 is 14.8 Å². The maximum Gasteiger partial charge on any atom is 0.251 e. The van der Waals surface area contributed by atoms with Crippen molar-refractivity contribution in [3.05, 3.63) is 58.1 Å². The van der Waals surface area contributed by atoms with E-state index < -0.39 is 0 Å². The Balaban J connectivity index is 2.21. The molecule has 126 valence electrons. The third-order valence-corrected chi connectivity index (χ3v) is 4.07. The second-order valence-electron chi connectivity index (χ2n) is 5.31. The maximum absolute atomic E-state index is 12.4. The van der Waals surface area contributed by atoms with E-state index in [1.54, 1.807) is 45.4 Å². The third-order valence-electron chi connectivity index (χ3n) is 3.66. The highest BCUT2D eigenvalue weighted by Crippen LogP contribution is 2.28. The quantitative estimate of drug-likeness (QED) is 0.798. The number of rotatable bonds is 5. The minimum absolute atomic E-state index is 0.185. The number of methoxy groups -OCH3 is 2. The van der Waals surface area contributed by atoms with Crippen molar-refractivity contribution in [2.45, 2.75) is 13.8 Å². The fourth-order valence-electron chi connectivity index (χ4n) is 2.22. The highest BCUT2D eigenvalue weighted by molar-refractivity contribution is 6.31. The van der Waals surface area contributed by atoms with Crippen molar-refractivity contribution in [1.82, 2.24) is 0 Å². The summed E-state index contributed by atoms with van der Waals surface area (Å²) in [5.74, 6) is 1.08. The molecule has 24 heavy (non-hydrogen) atoms. The number of nitrogens with one attached hydrogen (secondary N) is 1. The zero-order valence-corrected chi connectivity index (χ0v) is 14.9. The summed E-state index contributed by atoms with van der Waals surface area (Å²) >= 11 is 6.08. The predicted octanol–water partition coefficient (Wildman–Crippen LogP) is 4.71. The maximum atomic E-state index is 12.4. The Hall–Kier alpha value is -2.46. The molecule has 1 amide bonds. The number of ether oxygens (including phenoxy) is 2. The van der Waals surface area contributed by atoms with Gasteiger partial charge in [0.2, 0.25) is 0 Å². The van der Waals surface area contributed by atoms with Gasteiger partial charge in [-0.1, -0.05) is 23.7 Å². The molecular weight excluding hydrogens is 326 g/mol. The number of benzene rings is 2. The van der Waals surface area contributed by atoms with E-state index in [1.165, 1.54) is 0 Å². The zero-order valence-electron chi connectivity index (χ0n) is 14.1. The minimum atomic E-state index is -0.185. The predicted molar refractivity (Wildman–Crippen MR) is 98.0 cm³/mol. The average Bonchev–Trinajstić information content (AvgIpc) is 2.58. The van der Waals surface area contributed by atoms with Gasteiger partial charge in [-0.15, -0.1) is 0 Å². The first-order chi connectivity index (χ1) is 11.5. The van der Waals surface area contributed by atoms with E-state index in [4.69, 9.17) is 21.1 Å². The fraction of sp³-hybridized carbons (Fsp3) is 0.211. The monoisotopic (exact) mass is 345 g/mol. The number of anilines is 1. The van der Waals surface area contributed by atoms with E-state index in [0.29, 0.717) is 27.8 Å². The summed E-state index contributed by atoms with van der Waals surface area (Å²) in [6.45, 7) is 3.62. The van der Waals surface area contributed by atoms with E-state index in [0.717, 1.165) is 11.1 Å². The second-order valence-corrected chi connectivity index (χ2v) is 5.72. The van der Waals surface area contributed by atoms with Gasteiger partial charge in [0.1, 0.15) is 0 Å². The summed E-state index contributed by atoms with van der Waals surface area (Å²) in [7, 11) is 3.16. The van der Waals surface area contributed by atoms with Crippen LogP contribution in [0.5, 0.6) is 11.5 Å². The number of amides is 1. The van der Waals surface area contributed by atoms with Crippen molar-refractivity contribution >= 4 is 29.3 Å². The van der Waals surface area contributed by atoms with Crippen LogP contribution in [0.15, 0.2) is 42.0 Å². The lowest BCUT2D eigenvalue weighted by Crippen LogP contribution is -2.13. The molecule has 0 heterocycles. The molecule has 2 aromatic carbocycles. The molecule has 0 aliphatic rings. The molecule has 0 spiro atoms. The van der Waals surface area contributed by atoms with Gasteiger partial charge in [0.25, 0.3) is 5.91 Å². The Morgan fingerprint density at radius 1 is 1.12 bits per heavy atom. The molecule has 0 bridgehead atoms. The molecule has 2 rings (SSSR count). The molecule has 0 aliphatic heterocycles. The normalized spacial score (nSPS) is 11.1. The van der Waals surface area contributed by atoms with Crippen molar-refractivity contribution in [3.8, 4) is 11.5 Å². The molecule has 0 unspecified atom stereocenters. The molecule has 0 aliphatic carbocycles. The van der Waals surface area contributed by atoms with Crippen LogP contribution < -0.4 is 14.8 Å². The van der Waals surface area contributed by atoms with Crippen molar-refractivity contribution in [1.29, 1.82) is 0 Å². The van der Waals surface area contributed by atoms with Crippen molar-refractivity contribution < 1.29 is 14.3 Å². The molecule has 1 N–H and O–H groups in total. The summed E-state index contributed by atoms with van der Waals surface area (Å²) in [6.07, 6.45) is 1.79. The number of hydrogen-bond donors (Lipinski definition) is 1. The van der Waals surface area contributed by atoms with Gasteiger partial charge in [-0.05, 0) is 55.3 Å². The van der Waals surface area contributed by atoms with Crippen LogP contribution in [0.25, 0.3) is 6.08 Å². The summed E-state index contributed by atoms with van der Waals surface area (Å²) in [5, 5.41) is 3.49. The zero-order chi connectivity index (χ0) is 17.7. The number of carbonyl (C=O) groups excluding carboxylic acids is 1. The lowest BCUT2D eigenvalue weighted by atomic mass is 10.1. The molecule has 0 saturated heterocycles. The van der Waals surface area contributed by atoms with Gasteiger partial charge in [0.05, 0.1) is 14.2 Å². The molecule has 0 atom stereocenters. The van der Waals surface area contributed by atoms with Crippen LogP contribution in [0, 0.1) is 6.92 Å². The lowest BCUT2D eigenvalue weighted by Gasteiger charge is -2.10. The summed E-state index contributed by atoms with van der Waals surface area (Å²) in [4.78, 5) is 12.4. The first-order valence-electron chi connectivity index (χ1n) is 7.43. The van der Waals surface area contributed by atoms with Crippen molar-refractivity contribution in [2.75, 3.05) is 19.5 Å². The fourth-order valence-corrected chi connectivity index (χ4v) is 2.40.